The molecular formula is C22H32N2O6S. The van der Waals surface area contributed by atoms with E-state index in [0.717, 1.165) is 24.0 Å². The third-order valence-electron chi connectivity index (χ3n) is 4.79. The lowest BCUT2D eigenvalue weighted by molar-refractivity contribution is -0.196. The zero-order chi connectivity index (χ0) is 23.2. The number of rotatable bonds is 8. The molecule has 0 spiro atoms. The van der Waals surface area contributed by atoms with Crippen LogP contribution in [0.25, 0.3) is 0 Å². The van der Waals surface area contributed by atoms with Crippen LogP contribution in [-0.4, -0.2) is 41.0 Å². The third-order valence-corrected chi connectivity index (χ3v) is 5.02. The Hall–Kier alpha value is -2.39. The zero-order valence-electron chi connectivity index (χ0n) is 18.8. The summed E-state index contributed by atoms with van der Waals surface area (Å²) in [6, 6.07) is 5.41. The van der Waals surface area contributed by atoms with E-state index in [4.69, 9.17) is 37.0 Å². The average molecular weight is 453 g/mol. The quantitative estimate of drug-likeness (QED) is 0.267. The lowest BCUT2D eigenvalue weighted by Crippen LogP contribution is -2.57. The number of ether oxygens (including phenoxy) is 3. The molecule has 8 nitrogen and oxygen atoms in total. The highest BCUT2D eigenvalue weighted by atomic mass is 32.1. The number of carbonyl (C=O) groups is 2. The van der Waals surface area contributed by atoms with Gasteiger partial charge in [0.05, 0.1) is 6.61 Å². The maximum atomic E-state index is 12.9. The Morgan fingerprint density at radius 1 is 1.29 bits per heavy atom. The average Bonchev–Trinajstić information content (AvgIpc) is 2.70. The first-order valence-corrected chi connectivity index (χ1v) is 10.8. The molecule has 0 aliphatic carbocycles. The lowest BCUT2D eigenvalue weighted by atomic mass is 9.90. The first-order valence-electron chi connectivity index (χ1n) is 10.4. The summed E-state index contributed by atoms with van der Waals surface area (Å²) in [6.07, 6.45) is 1.17. The van der Waals surface area contributed by atoms with Crippen LogP contribution in [0.5, 0.6) is 5.75 Å². The molecule has 3 N–H and O–H groups in total. The summed E-state index contributed by atoms with van der Waals surface area (Å²) in [5.41, 5.74) is 7.32. The maximum absolute atomic E-state index is 12.9. The molecule has 1 aromatic carbocycles. The standard InChI is InChI=1S/C22H32N2O6S/c1-6-7-12-27-19(25)22(5,30-24-20(26)29-21(2,3)4)17-11-9-14-13-15(18(23)31)8-10-16(14)28-17/h8,10,13,17H,6-7,9,11-12H2,1-5H3,(H2,23,31)(H,24,26)/t17?,22-/m0/s1. The normalized spacial score (nSPS) is 17.5. The number of hydrogen-bond acceptors (Lipinski definition) is 7. The highest BCUT2D eigenvalue weighted by Gasteiger charge is 2.49. The summed E-state index contributed by atoms with van der Waals surface area (Å²) < 4.78 is 16.7. The summed E-state index contributed by atoms with van der Waals surface area (Å²) in [6.45, 7) is 8.97. The first-order chi connectivity index (χ1) is 14.5. The molecule has 1 heterocycles. The van der Waals surface area contributed by atoms with Gasteiger partial charge in [0, 0.05) is 5.56 Å². The summed E-state index contributed by atoms with van der Waals surface area (Å²) in [5, 5.41) is 0. The van der Waals surface area contributed by atoms with Crippen LogP contribution >= 0.6 is 12.2 Å². The summed E-state index contributed by atoms with van der Waals surface area (Å²) in [7, 11) is 0. The van der Waals surface area contributed by atoms with Crippen LogP contribution in [0.3, 0.4) is 0 Å². The van der Waals surface area contributed by atoms with Crippen LogP contribution < -0.4 is 16.0 Å². The van der Waals surface area contributed by atoms with Gasteiger partial charge in [0.2, 0.25) is 5.60 Å². The van der Waals surface area contributed by atoms with Crippen molar-refractivity contribution >= 4 is 29.3 Å². The zero-order valence-corrected chi connectivity index (χ0v) is 19.6. The molecule has 1 aromatic rings. The number of aryl methyl sites for hydroxylation is 1. The molecule has 2 atom stereocenters. The maximum Gasteiger partial charge on any atom is 0.431 e. The van der Waals surface area contributed by atoms with Crippen LogP contribution in [0, 0.1) is 0 Å². The predicted molar refractivity (Wildman–Crippen MR) is 120 cm³/mol. The fourth-order valence-corrected chi connectivity index (χ4v) is 3.19. The van der Waals surface area contributed by atoms with Gasteiger partial charge in [0.1, 0.15) is 22.4 Å². The number of benzene rings is 1. The molecule has 0 radical (unpaired) electrons. The fraction of sp³-hybridized carbons (Fsp3) is 0.591. The van der Waals surface area contributed by atoms with Crippen molar-refractivity contribution in [2.45, 2.75) is 77.6 Å². The van der Waals surface area contributed by atoms with E-state index in [-0.39, 0.29) is 6.61 Å². The molecule has 0 saturated carbocycles. The fourth-order valence-electron chi connectivity index (χ4n) is 3.07. The highest BCUT2D eigenvalue weighted by Crippen LogP contribution is 2.34. The number of hydrogen-bond donors (Lipinski definition) is 2. The number of hydroxylamine groups is 1. The summed E-state index contributed by atoms with van der Waals surface area (Å²) in [5.74, 6) is -0.0186. The van der Waals surface area contributed by atoms with Gasteiger partial charge in [-0.05, 0) is 70.7 Å². The van der Waals surface area contributed by atoms with Crippen molar-refractivity contribution in [3.8, 4) is 5.75 Å². The molecule has 0 saturated heterocycles. The SMILES string of the molecule is CCCCOC(=O)[C@@](C)(ONC(=O)OC(C)(C)C)C1CCc2cc(C(N)=S)ccc2O1. The van der Waals surface area contributed by atoms with E-state index in [2.05, 4.69) is 5.48 Å². The minimum atomic E-state index is -1.58. The molecule has 1 aliphatic rings. The van der Waals surface area contributed by atoms with Gasteiger partial charge < -0.3 is 19.9 Å². The second-order valence-corrected chi connectivity index (χ2v) is 9.07. The topological polar surface area (TPSA) is 109 Å². The van der Waals surface area contributed by atoms with Gasteiger partial charge in [-0.2, -0.15) is 5.48 Å². The number of nitrogens with one attached hydrogen (secondary N) is 1. The summed E-state index contributed by atoms with van der Waals surface area (Å²) >= 11 is 5.03. The van der Waals surface area contributed by atoms with Gasteiger partial charge in [0.25, 0.3) is 0 Å². The van der Waals surface area contributed by atoms with E-state index in [1.165, 1.54) is 6.92 Å². The van der Waals surface area contributed by atoms with Crippen LogP contribution in [0.15, 0.2) is 18.2 Å². The summed E-state index contributed by atoms with van der Waals surface area (Å²) in [4.78, 5) is 30.9. The smallest absolute Gasteiger partial charge is 0.431 e. The molecule has 1 aliphatic heterocycles. The monoisotopic (exact) mass is 452 g/mol. The minimum Gasteiger partial charge on any atom is -0.486 e. The molecule has 0 fully saturated rings. The van der Waals surface area contributed by atoms with Crippen molar-refractivity contribution in [1.29, 1.82) is 0 Å². The molecule has 9 heteroatoms. The van der Waals surface area contributed by atoms with E-state index in [1.54, 1.807) is 32.9 Å². The van der Waals surface area contributed by atoms with Crippen LogP contribution in [0.4, 0.5) is 4.79 Å². The second-order valence-electron chi connectivity index (χ2n) is 8.63. The lowest BCUT2D eigenvalue weighted by Gasteiger charge is -2.37. The first kappa shape index (κ1) is 24.9. The van der Waals surface area contributed by atoms with Crippen molar-refractivity contribution in [1.82, 2.24) is 5.48 Å². The van der Waals surface area contributed by atoms with E-state index in [0.29, 0.717) is 23.6 Å². The van der Waals surface area contributed by atoms with E-state index in [1.807, 2.05) is 13.0 Å². The molecule has 1 unspecified atom stereocenters. The Morgan fingerprint density at radius 3 is 2.61 bits per heavy atom. The Kier molecular flexibility index (Phi) is 8.25. The van der Waals surface area contributed by atoms with Crippen LogP contribution in [-0.2, 0) is 25.5 Å². The van der Waals surface area contributed by atoms with Crippen molar-refractivity contribution in [3.05, 3.63) is 29.3 Å². The largest absolute Gasteiger partial charge is 0.486 e. The van der Waals surface area contributed by atoms with Gasteiger partial charge in [-0.1, -0.05) is 25.6 Å². The molecule has 2 rings (SSSR count). The van der Waals surface area contributed by atoms with Gasteiger partial charge in [0.15, 0.2) is 0 Å². The van der Waals surface area contributed by atoms with Crippen LogP contribution in [0.2, 0.25) is 0 Å². The predicted octanol–water partition coefficient (Wildman–Crippen LogP) is 3.57. The molecule has 1 amide bonds. The van der Waals surface area contributed by atoms with Crippen LogP contribution in [0.1, 0.15) is 65.0 Å². The van der Waals surface area contributed by atoms with Gasteiger partial charge >= 0.3 is 12.1 Å². The number of amides is 1. The van der Waals surface area contributed by atoms with E-state index in [9.17, 15) is 9.59 Å². The number of carbonyl (C=O) groups excluding carboxylic acids is 2. The number of thiocarbonyl (C=S) groups is 1. The Balaban J connectivity index is 2.20. The van der Waals surface area contributed by atoms with Crippen molar-refractivity contribution < 1.29 is 28.6 Å². The number of fused-ring (bicyclic) bond motifs is 1. The van der Waals surface area contributed by atoms with Gasteiger partial charge in [-0.25, -0.2) is 14.4 Å². The van der Waals surface area contributed by atoms with Crippen molar-refractivity contribution in [3.63, 3.8) is 0 Å². The molecule has 172 valence electrons. The van der Waals surface area contributed by atoms with E-state index < -0.39 is 29.4 Å². The van der Waals surface area contributed by atoms with Crippen molar-refractivity contribution in [2.75, 3.05) is 6.61 Å². The molecule has 31 heavy (non-hydrogen) atoms. The second kappa shape index (κ2) is 10.3. The molecule has 0 bridgehead atoms. The van der Waals surface area contributed by atoms with Gasteiger partial charge in [-0.3, -0.25) is 0 Å². The van der Waals surface area contributed by atoms with Gasteiger partial charge in [-0.15, -0.1) is 0 Å². The molecule has 0 aromatic heterocycles. The highest BCUT2D eigenvalue weighted by molar-refractivity contribution is 7.80. The Morgan fingerprint density at radius 2 is 2.00 bits per heavy atom. The Labute approximate surface area is 188 Å². The third kappa shape index (κ3) is 6.80. The number of nitrogens with two attached hydrogens (primary N) is 1. The molecular weight excluding hydrogens is 420 g/mol. The Bertz CT molecular complexity index is 823. The number of unbranched alkanes of at least 4 members (excludes halogenated alkanes) is 1. The minimum absolute atomic E-state index is 0.251. The van der Waals surface area contributed by atoms with Crippen molar-refractivity contribution in [2.24, 2.45) is 5.73 Å². The van der Waals surface area contributed by atoms with E-state index >= 15 is 0 Å². The number of esters is 1.